The fourth-order valence-corrected chi connectivity index (χ4v) is 3.48. The molecule has 2 aromatic rings. The SMILES string of the molecule is COc1ccccc1N1CCC(C#N)(c2cccc(C(F)(F)F)c2)CC1. The van der Waals surface area contributed by atoms with E-state index in [1.807, 2.05) is 24.3 Å². The maximum atomic E-state index is 13.0. The summed E-state index contributed by atoms with van der Waals surface area (Å²) < 4.78 is 44.5. The lowest BCUT2D eigenvalue weighted by molar-refractivity contribution is -0.137. The third-order valence-corrected chi connectivity index (χ3v) is 5.00. The molecule has 3 rings (SSSR count). The lowest BCUT2D eigenvalue weighted by Gasteiger charge is -2.39. The van der Waals surface area contributed by atoms with Gasteiger partial charge in [0.2, 0.25) is 0 Å². The van der Waals surface area contributed by atoms with Crippen LogP contribution in [0, 0.1) is 11.3 Å². The number of methoxy groups -OCH3 is 1. The van der Waals surface area contributed by atoms with E-state index >= 15 is 0 Å². The van der Waals surface area contributed by atoms with Crippen LogP contribution >= 0.6 is 0 Å². The van der Waals surface area contributed by atoms with Crippen LogP contribution in [0.15, 0.2) is 48.5 Å². The molecule has 1 fully saturated rings. The van der Waals surface area contributed by atoms with Crippen LogP contribution < -0.4 is 9.64 Å². The van der Waals surface area contributed by atoms with E-state index in [0.717, 1.165) is 23.6 Å². The number of ether oxygens (including phenoxy) is 1. The van der Waals surface area contributed by atoms with E-state index in [1.54, 1.807) is 13.2 Å². The van der Waals surface area contributed by atoms with E-state index in [2.05, 4.69) is 11.0 Å². The number of rotatable bonds is 3. The molecule has 1 heterocycles. The standard InChI is InChI=1S/C20H19F3N2O/c1-26-18-8-3-2-7-17(18)25-11-9-19(14-24,10-12-25)15-5-4-6-16(13-15)20(21,22)23/h2-8,13H,9-12H2,1H3. The highest BCUT2D eigenvalue weighted by Crippen LogP contribution is 2.40. The van der Waals surface area contributed by atoms with Gasteiger partial charge in [-0.15, -0.1) is 0 Å². The predicted molar refractivity (Wildman–Crippen MR) is 93.2 cm³/mol. The molecule has 26 heavy (non-hydrogen) atoms. The van der Waals surface area contributed by atoms with Gasteiger partial charge in [0.1, 0.15) is 5.75 Å². The normalized spacial score (nSPS) is 16.8. The van der Waals surface area contributed by atoms with E-state index in [1.165, 1.54) is 6.07 Å². The number of nitrogens with zero attached hydrogens (tertiary/aromatic N) is 2. The molecule has 1 aliphatic heterocycles. The van der Waals surface area contributed by atoms with Gasteiger partial charge in [-0.25, -0.2) is 0 Å². The first-order chi connectivity index (χ1) is 12.4. The number of halogens is 3. The van der Waals surface area contributed by atoms with E-state index < -0.39 is 17.2 Å². The topological polar surface area (TPSA) is 36.3 Å². The lowest BCUT2D eigenvalue weighted by atomic mass is 9.73. The lowest BCUT2D eigenvalue weighted by Crippen LogP contribution is -2.42. The van der Waals surface area contributed by atoms with E-state index in [-0.39, 0.29) is 0 Å². The zero-order valence-electron chi connectivity index (χ0n) is 14.4. The summed E-state index contributed by atoms with van der Waals surface area (Å²) >= 11 is 0. The number of anilines is 1. The van der Waals surface area contributed by atoms with Gasteiger partial charge < -0.3 is 9.64 Å². The largest absolute Gasteiger partial charge is 0.495 e. The molecule has 0 unspecified atom stereocenters. The maximum absolute atomic E-state index is 13.0. The summed E-state index contributed by atoms with van der Waals surface area (Å²) in [5.74, 6) is 0.746. The van der Waals surface area contributed by atoms with Gasteiger partial charge in [-0.2, -0.15) is 18.4 Å². The van der Waals surface area contributed by atoms with Gasteiger partial charge in [0.15, 0.2) is 0 Å². The summed E-state index contributed by atoms with van der Waals surface area (Å²) in [7, 11) is 1.60. The van der Waals surface area contributed by atoms with E-state index in [0.29, 0.717) is 31.5 Å². The Labute approximate surface area is 150 Å². The molecule has 1 saturated heterocycles. The molecule has 136 valence electrons. The Morgan fingerprint density at radius 2 is 1.77 bits per heavy atom. The molecule has 0 atom stereocenters. The van der Waals surface area contributed by atoms with Crippen molar-refractivity contribution in [2.45, 2.75) is 24.4 Å². The minimum absolute atomic E-state index is 0.439. The Bertz CT molecular complexity index is 818. The third kappa shape index (κ3) is 3.34. The van der Waals surface area contributed by atoms with Gasteiger partial charge in [-0.1, -0.05) is 30.3 Å². The molecule has 0 aliphatic carbocycles. The predicted octanol–water partition coefficient (Wildman–Crippen LogP) is 4.78. The van der Waals surface area contributed by atoms with Gasteiger partial charge in [0.25, 0.3) is 0 Å². The van der Waals surface area contributed by atoms with Crippen molar-refractivity contribution in [2.75, 3.05) is 25.1 Å². The monoisotopic (exact) mass is 360 g/mol. The molecular formula is C20H19F3N2O. The average Bonchev–Trinajstić information content (AvgIpc) is 2.67. The van der Waals surface area contributed by atoms with Crippen LogP contribution in [0.2, 0.25) is 0 Å². The quantitative estimate of drug-likeness (QED) is 0.791. The van der Waals surface area contributed by atoms with Crippen molar-refractivity contribution in [3.8, 4) is 11.8 Å². The molecular weight excluding hydrogens is 341 g/mol. The fraction of sp³-hybridized carbons (Fsp3) is 0.350. The second-order valence-electron chi connectivity index (χ2n) is 6.43. The second kappa shape index (κ2) is 6.91. The van der Waals surface area contributed by atoms with Crippen LogP contribution in [0.25, 0.3) is 0 Å². The molecule has 0 saturated carbocycles. The average molecular weight is 360 g/mol. The van der Waals surface area contributed by atoms with Gasteiger partial charge >= 0.3 is 6.18 Å². The number of hydrogen-bond donors (Lipinski definition) is 0. The number of alkyl halides is 3. The number of benzene rings is 2. The van der Waals surface area contributed by atoms with Crippen molar-refractivity contribution < 1.29 is 17.9 Å². The van der Waals surface area contributed by atoms with Crippen LogP contribution in [0.4, 0.5) is 18.9 Å². The number of hydrogen-bond acceptors (Lipinski definition) is 3. The van der Waals surface area contributed by atoms with Crippen molar-refractivity contribution >= 4 is 5.69 Å². The zero-order valence-corrected chi connectivity index (χ0v) is 14.4. The van der Waals surface area contributed by atoms with Gasteiger partial charge in [-0.05, 0) is 36.6 Å². The zero-order chi connectivity index (χ0) is 18.8. The summed E-state index contributed by atoms with van der Waals surface area (Å²) in [5.41, 5.74) is -0.239. The van der Waals surface area contributed by atoms with Crippen molar-refractivity contribution in [3.05, 3.63) is 59.7 Å². The van der Waals surface area contributed by atoms with E-state index in [4.69, 9.17) is 4.74 Å². The minimum Gasteiger partial charge on any atom is -0.495 e. The Morgan fingerprint density at radius 1 is 1.08 bits per heavy atom. The smallest absolute Gasteiger partial charge is 0.416 e. The fourth-order valence-electron chi connectivity index (χ4n) is 3.48. The van der Waals surface area contributed by atoms with Gasteiger partial charge in [0, 0.05) is 13.1 Å². The first-order valence-corrected chi connectivity index (χ1v) is 8.36. The Hall–Kier alpha value is -2.68. The Balaban J connectivity index is 1.85. The highest BCUT2D eigenvalue weighted by atomic mass is 19.4. The van der Waals surface area contributed by atoms with Crippen molar-refractivity contribution in [1.82, 2.24) is 0 Å². The highest BCUT2D eigenvalue weighted by Gasteiger charge is 2.39. The molecule has 3 nitrogen and oxygen atoms in total. The maximum Gasteiger partial charge on any atom is 0.416 e. The number of piperidine rings is 1. The van der Waals surface area contributed by atoms with Crippen molar-refractivity contribution in [2.24, 2.45) is 0 Å². The Morgan fingerprint density at radius 3 is 2.38 bits per heavy atom. The third-order valence-electron chi connectivity index (χ3n) is 5.00. The molecule has 6 heteroatoms. The molecule has 1 aliphatic rings. The minimum atomic E-state index is -4.41. The Kier molecular flexibility index (Phi) is 4.82. The van der Waals surface area contributed by atoms with Crippen LogP contribution in [0.5, 0.6) is 5.75 Å². The summed E-state index contributed by atoms with van der Waals surface area (Å²) in [4.78, 5) is 2.11. The van der Waals surface area contributed by atoms with Gasteiger partial charge in [0.05, 0.1) is 29.8 Å². The van der Waals surface area contributed by atoms with Crippen LogP contribution in [0.3, 0.4) is 0 Å². The van der Waals surface area contributed by atoms with E-state index in [9.17, 15) is 18.4 Å². The summed E-state index contributed by atoms with van der Waals surface area (Å²) in [6.07, 6.45) is -3.49. The summed E-state index contributed by atoms with van der Waals surface area (Å²) in [6.45, 7) is 1.15. The molecule has 0 N–H and O–H groups in total. The van der Waals surface area contributed by atoms with Crippen molar-refractivity contribution in [1.29, 1.82) is 5.26 Å². The number of para-hydroxylation sites is 2. The second-order valence-corrected chi connectivity index (χ2v) is 6.43. The van der Waals surface area contributed by atoms with Crippen molar-refractivity contribution in [3.63, 3.8) is 0 Å². The van der Waals surface area contributed by atoms with Crippen LogP contribution in [0.1, 0.15) is 24.0 Å². The number of nitriles is 1. The summed E-state index contributed by atoms with van der Waals surface area (Å²) in [5, 5.41) is 9.77. The van der Waals surface area contributed by atoms with Crippen LogP contribution in [-0.4, -0.2) is 20.2 Å². The molecule has 0 amide bonds. The van der Waals surface area contributed by atoms with Crippen LogP contribution in [-0.2, 0) is 11.6 Å². The first kappa shape index (κ1) is 18.1. The molecule has 2 aromatic carbocycles. The first-order valence-electron chi connectivity index (χ1n) is 8.36. The molecule has 0 radical (unpaired) electrons. The molecule has 0 spiro atoms. The summed E-state index contributed by atoms with van der Waals surface area (Å²) in [6, 6.07) is 15.1. The highest BCUT2D eigenvalue weighted by molar-refractivity contribution is 5.59. The molecule has 0 aromatic heterocycles. The van der Waals surface area contributed by atoms with Gasteiger partial charge in [-0.3, -0.25) is 0 Å². The molecule has 0 bridgehead atoms.